The Kier molecular flexibility index (Phi) is 5.96. The summed E-state index contributed by atoms with van der Waals surface area (Å²) in [5.41, 5.74) is 2.99. The minimum atomic E-state index is -0.317. The Bertz CT molecular complexity index is 910. The van der Waals surface area contributed by atoms with Gasteiger partial charge in [-0.05, 0) is 72.6 Å². The van der Waals surface area contributed by atoms with Gasteiger partial charge in [0.15, 0.2) is 0 Å². The molecule has 0 aliphatic rings. The Morgan fingerprint density at radius 1 is 1.04 bits per heavy atom. The molecule has 0 fully saturated rings. The van der Waals surface area contributed by atoms with E-state index in [1.807, 2.05) is 36.4 Å². The lowest BCUT2D eigenvalue weighted by Crippen LogP contribution is -2.12. The Labute approximate surface area is 161 Å². The van der Waals surface area contributed by atoms with Crippen LogP contribution in [0.25, 0.3) is 0 Å². The Morgan fingerprint density at radius 2 is 1.73 bits per heavy atom. The number of carbonyl (C=O) groups excluding carboxylic acids is 1. The molecule has 0 unspecified atom stereocenters. The lowest BCUT2D eigenvalue weighted by molar-refractivity contribution is 0.102. The van der Waals surface area contributed by atoms with E-state index in [2.05, 4.69) is 5.32 Å². The van der Waals surface area contributed by atoms with Crippen molar-refractivity contribution in [1.82, 2.24) is 0 Å². The van der Waals surface area contributed by atoms with Crippen molar-refractivity contribution in [2.45, 2.75) is 17.6 Å². The van der Waals surface area contributed by atoms with E-state index in [0.29, 0.717) is 16.8 Å². The molecule has 0 atom stereocenters. The minimum absolute atomic E-state index is 0.211. The van der Waals surface area contributed by atoms with E-state index in [1.54, 1.807) is 36.9 Å². The molecule has 5 heteroatoms. The van der Waals surface area contributed by atoms with E-state index < -0.39 is 0 Å². The van der Waals surface area contributed by atoms with Crippen LogP contribution in [0.15, 0.2) is 71.6 Å². The second-order valence-electron chi connectivity index (χ2n) is 5.85. The van der Waals surface area contributed by atoms with Crippen molar-refractivity contribution < 1.29 is 9.18 Å². The van der Waals surface area contributed by atoms with Gasteiger partial charge in [0.05, 0.1) is 0 Å². The van der Waals surface area contributed by atoms with Gasteiger partial charge in [-0.25, -0.2) is 4.39 Å². The smallest absolute Gasteiger partial charge is 0.255 e. The van der Waals surface area contributed by atoms with Gasteiger partial charge in [-0.3, -0.25) is 4.79 Å². The Hall–Kier alpha value is -2.30. The number of nitrogens with one attached hydrogen (secondary N) is 1. The molecule has 2 nitrogen and oxygen atoms in total. The molecule has 0 aliphatic carbocycles. The van der Waals surface area contributed by atoms with Crippen LogP contribution in [0.5, 0.6) is 0 Å². The van der Waals surface area contributed by atoms with Gasteiger partial charge < -0.3 is 5.32 Å². The summed E-state index contributed by atoms with van der Waals surface area (Å²) in [6.45, 7) is 1.76. The van der Waals surface area contributed by atoms with Crippen LogP contribution in [0.4, 0.5) is 10.1 Å². The average molecular weight is 386 g/mol. The van der Waals surface area contributed by atoms with Gasteiger partial charge in [0.1, 0.15) is 5.82 Å². The first-order valence-corrected chi connectivity index (χ1v) is 9.42. The molecule has 0 radical (unpaired) electrons. The first-order chi connectivity index (χ1) is 12.5. The number of rotatable bonds is 5. The third-order valence-electron chi connectivity index (χ3n) is 3.87. The number of anilines is 1. The molecule has 3 aromatic rings. The monoisotopic (exact) mass is 385 g/mol. The number of amides is 1. The number of aryl methyl sites for hydroxylation is 1. The van der Waals surface area contributed by atoms with Gasteiger partial charge in [-0.15, -0.1) is 11.8 Å². The van der Waals surface area contributed by atoms with E-state index >= 15 is 0 Å². The van der Waals surface area contributed by atoms with Crippen molar-refractivity contribution in [2.75, 3.05) is 5.32 Å². The molecule has 0 saturated carbocycles. The number of hydrogen-bond acceptors (Lipinski definition) is 2. The molecule has 0 aliphatic heterocycles. The van der Waals surface area contributed by atoms with E-state index in [0.717, 1.165) is 21.2 Å². The maximum absolute atomic E-state index is 13.1. The van der Waals surface area contributed by atoms with Gasteiger partial charge in [0.25, 0.3) is 5.91 Å². The summed E-state index contributed by atoms with van der Waals surface area (Å²) in [7, 11) is 0. The zero-order valence-corrected chi connectivity index (χ0v) is 15.7. The van der Waals surface area contributed by atoms with E-state index in [1.165, 1.54) is 12.1 Å². The Morgan fingerprint density at radius 3 is 2.38 bits per heavy atom. The zero-order chi connectivity index (χ0) is 18.5. The molecule has 26 heavy (non-hydrogen) atoms. The quantitative estimate of drug-likeness (QED) is 0.520. The van der Waals surface area contributed by atoms with Crippen LogP contribution in [0, 0.1) is 12.7 Å². The SMILES string of the molecule is Cc1cc(F)ccc1NC(=O)c1ccc(CSc2ccc(Cl)cc2)cc1. The van der Waals surface area contributed by atoms with Crippen LogP contribution in [-0.4, -0.2) is 5.91 Å². The number of halogens is 2. The van der Waals surface area contributed by atoms with Crippen molar-refractivity contribution in [3.63, 3.8) is 0 Å². The van der Waals surface area contributed by atoms with Gasteiger partial charge in [0, 0.05) is 26.9 Å². The molecule has 1 N–H and O–H groups in total. The summed E-state index contributed by atoms with van der Waals surface area (Å²) in [6.07, 6.45) is 0. The van der Waals surface area contributed by atoms with Crippen LogP contribution < -0.4 is 5.32 Å². The predicted octanol–water partition coefficient (Wildman–Crippen LogP) is 6.33. The Balaban J connectivity index is 1.61. The van der Waals surface area contributed by atoms with Crippen LogP contribution in [-0.2, 0) is 5.75 Å². The largest absolute Gasteiger partial charge is 0.322 e. The maximum Gasteiger partial charge on any atom is 0.255 e. The average Bonchev–Trinajstić information content (AvgIpc) is 2.64. The molecule has 132 valence electrons. The third-order valence-corrected chi connectivity index (χ3v) is 5.21. The highest BCUT2D eigenvalue weighted by atomic mass is 35.5. The van der Waals surface area contributed by atoms with E-state index in [-0.39, 0.29) is 11.7 Å². The molecular formula is C21H17ClFNOS. The summed E-state index contributed by atoms with van der Waals surface area (Å²) in [5.74, 6) is 0.278. The first kappa shape index (κ1) is 18.5. The van der Waals surface area contributed by atoms with Gasteiger partial charge in [-0.2, -0.15) is 0 Å². The molecule has 0 aromatic heterocycles. The topological polar surface area (TPSA) is 29.1 Å². The molecule has 1 amide bonds. The maximum atomic E-state index is 13.1. The van der Waals surface area contributed by atoms with E-state index in [4.69, 9.17) is 11.6 Å². The fourth-order valence-electron chi connectivity index (χ4n) is 2.41. The molecule has 0 heterocycles. The fraction of sp³-hybridized carbons (Fsp3) is 0.0952. The summed E-state index contributed by atoms with van der Waals surface area (Å²) in [4.78, 5) is 13.5. The fourth-order valence-corrected chi connectivity index (χ4v) is 3.39. The molecular weight excluding hydrogens is 369 g/mol. The summed E-state index contributed by atoms with van der Waals surface area (Å²) in [5, 5.41) is 3.54. The highest BCUT2D eigenvalue weighted by Crippen LogP contribution is 2.24. The highest BCUT2D eigenvalue weighted by molar-refractivity contribution is 7.98. The summed E-state index contributed by atoms with van der Waals surface area (Å²) in [6, 6.07) is 19.5. The molecule has 0 saturated heterocycles. The third kappa shape index (κ3) is 4.87. The van der Waals surface area contributed by atoms with Crippen LogP contribution in [0.3, 0.4) is 0 Å². The van der Waals surface area contributed by atoms with E-state index in [9.17, 15) is 9.18 Å². The standard InChI is InChI=1S/C21H17ClFNOS/c1-14-12-18(23)8-11-20(14)24-21(25)16-4-2-15(3-5-16)13-26-19-9-6-17(22)7-10-19/h2-12H,13H2,1H3,(H,24,25). The van der Waals surface area contributed by atoms with Crippen molar-refractivity contribution >= 4 is 35.0 Å². The van der Waals surface area contributed by atoms with Crippen molar-refractivity contribution in [2.24, 2.45) is 0 Å². The van der Waals surface area contributed by atoms with Crippen LogP contribution >= 0.6 is 23.4 Å². The van der Waals surface area contributed by atoms with Crippen molar-refractivity contribution in [1.29, 1.82) is 0 Å². The number of thioether (sulfide) groups is 1. The second kappa shape index (κ2) is 8.39. The van der Waals surface area contributed by atoms with Crippen molar-refractivity contribution in [3.05, 3.63) is 94.3 Å². The molecule has 0 spiro atoms. The number of benzene rings is 3. The first-order valence-electron chi connectivity index (χ1n) is 8.06. The normalized spacial score (nSPS) is 10.6. The van der Waals surface area contributed by atoms with Crippen LogP contribution in [0.2, 0.25) is 5.02 Å². The number of carbonyl (C=O) groups is 1. The molecule has 3 rings (SSSR count). The lowest BCUT2D eigenvalue weighted by Gasteiger charge is -2.09. The highest BCUT2D eigenvalue weighted by Gasteiger charge is 2.08. The lowest BCUT2D eigenvalue weighted by atomic mass is 10.1. The molecule has 3 aromatic carbocycles. The predicted molar refractivity (Wildman–Crippen MR) is 107 cm³/mol. The van der Waals surface area contributed by atoms with Gasteiger partial charge >= 0.3 is 0 Å². The zero-order valence-electron chi connectivity index (χ0n) is 14.1. The second-order valence-corrected chi connectivity index (χ2v) is 7.34. The number of hydrogen-bond donors (Lipinski definition) is 1. The van der Waals surface area contributed by atoms with Gasteiger partial charge in [-0.1, -0.05) is 23.7 Å². The van der Waals surface area contributed by atoms with Crippen molar-refractivity contribution in [3.8, 4) is 0 Å². The summed E-state index contributed by atoms with van der Waals surface area (Å²) < 4.78 is 13.1. The van der Waals surface area contributed by atoms with Crippen LogP contribution in [0.1, 0.15) is 21.5 Å². The van der Waals surface area contributed by atoms with Gasteiger partial charge in [0.2, 0.25) is 0 Å². The summed E-state index contributed by atoms with van der Waals surface area (Å²) >= 11 is 7.59. The molecule has 0 bridgehead atoms. The minimum Gasteiger partial charge on any atom is -0.322 e.